The quantitative estimate of drug-likeness (QED) is 0.643. The van der Waals surface area contributed by atoms with E-state index in [2.05, 4.69) is 36.8 Å². The molecule has 5 heteroatoms. The Bertz CT molecular complexity index is 514. The fourth-order valence-corrected chi connectivity index (χ4v) is 2.54. The molecule has 0 saturated heterocycles. The van der Waals surface area contributed by atoms with E-state index < -0.39 is 0 Å². The van der Waals surface area contributed by atoms with Gasteiger partial charge in [-0.1, -0.05) is 39.1 Å². The molecule has 1 aromatic heterocycles. The second-order valence-electron chi connectivity index (χ2n) is 2.70. The lowest BCUT2D eigenvalue weighted by molar-refractivity contribution is 1.39. The standard InChI is InChI=1S/C9H3Br2Cl2N/c10-4-1-5-8(13)6(11)3-14-9(5)7(12)2-4/h1-3H. The first-order valence-electron chi connectivity index (χ1n) is 3.68. The van der Waals surface area contributed by atoms with Crippen LogP contribution in [0.15, 0.2) is 27.3 Å². The Morgan fingerprint density at radius 2 is 1.86 bits per heavy atom. The Morgan fingerprint density at radius 1 is 1.14 bits per heavy atom. The van der Waals surface area contributed by atoms with Crippen molar-refractivity contribution in [1.29, 1.82) is 0 Å². The highest BCUT2D eigenvalue weighted by Gasteiger charge is 2.08. The van der Waals surface area contributed by atoms with Crippen molar-refractivity contribution in [2.24, 2.45) is 0 Å². The molecule has 72 valence electrons. The SMILES string of the molecule is Clc1c(Br)cnc2c(Cl)cc(Br)cc12. The number of nitrogens with zero attached hydrogens (tertiary/aromatic N) is 1. The van der Waals surface area contributed by atoms with Gasteiger partial charge < -0.3 is 0 Å². The fraction of sp³-hybridized carbons (Fsp3) is 0. The summed E-state index contributed by atoms with van der Waals surface area (Å²) in [7, 11) is 0. The number of halogens is 4. The minimum atomic E-state index is 0.587. The van der Waals surface area contributed by atoms with Crippen molar-refractivity contribution in [2.45, 2.75) is 0 Å². The number of pyridine rings is 1. The van der Waals surface area contributed by atoms with Crippen molar-refractivity contribution in [1.82, 2.24) is 4.98 Å². The zero-order chi connectivity index (χ0) is 10.3. The second kappa shape index (κ2) is 3.97. The number of hydrogen-bond acceptors (Lipinski definition) is 1. The number of aromatic nitrogens is 1. The minimum absolute atomic E-state index is 0.587. The van der Waals surface area contributed by atoms with Crippen LogP contribution in [-0.2, 0) is 0 Å². The van der Waals surface area contributed by atoms with Crippen molar-refractivity contribution in [3.8, 4) is 0 Å². The average Bonchev–Trinajstić information content (AvgIpc) is 2.12. The van der Waals surface area contributed by atoms with Crippen LogP contribution in [0.2, 0.25) is 10.0 Å². The zero-order valence-electron chi connectivity index (χ0n) is 6.69. The van der Waals surface area contributed by atoms with Gasteiger partial charge in [0, 0.05) is 16.1 Å². The van der Waals surface area contributed by atoms with Gasteiger partial charge in [-0.3, -0.25) is 4.98 Å². The van der Waals surface area contributed by atoms with Crippen LogP contribution in [0, 0.1) is 0 Å². The van der Waals surface area contributed by atoms with E-state index in [1.54, 1.807) is 12.3 Å². The maximum atomic E-state index is 6.10. The van der Waals surface area contributed by atoms with E-state index >= 15 is 0 Å². The molecule has 0 radical (unpaired) electrons. The summed E-state index contributed by atoms with van der Waals surface area (Å²) >= 11 is 18.8. The largest absolute Gasteiger partial charge is 0.253 e. The lowest BCUT2D eigenvalue weighted by Crippen LogP contribution is -1.83. The van der Waals surface area contributed by atoms with Gasteiger partial charge in [0.25, 0.3) is 0 Å². The van der Waals surface area contributed by atoms with Gasteiger partial charge >= 0.3 is 0 Å². The summed E-state index contributed by atoms with van der Waals surface area (Å²) in [6, 6.07) is 3.68. The number of benzene rings is 1. The lowest BCUT2D eigenvalue weighted by Gasteiger charge is -2.04. The van der Waals surface area contributed by atoms with Gasteiger partial charge in [-0.05, 0) is 28.1 Å². The summed E-state index contributed by atoms with van der Waals surface area (Å²) in [5.41, 5.74) is 0.711. The molecule has 0 aliphatic heterocycles. The Labute approximate surface area is 108 Å². The molecule has 1 heterocycles. The van der Waals surface area contributed by atoms with Crippen LogP contribution >= 0.6 is 55.1 Å². The van der Waals surface area contributed by atoms with Gasteiger partial charge in [0.05, 0.1) is 20.0 Å². The summed E-state index contributed by atoms with van der Waals surface area (Å²) in [5.74, 6) is 0. The normalized spacial score (nSPS) is 10.9. The van der Waals surface area contributed by atoms with E-state index in [0.29, 0.717) is 15.6 Å². The maximum Gasteiger partial charge on any atom is 0.0904 e. The average molecular weight is 356 g/mol. The first-order chi connectivity index (χ1) is 6.59. The third-order valence-electron chi connectivity index (χ3n) is 1.78. The van der Waals surface area contributed by atoms with E-state index in [-0.39, 0.29) is 0 Å². The molecule has 0 bridgehead atoms. The Hall–Kier alpha value is 0.170. The van der Waals surface area contributed by atoms with Crippen molar-refractivity contribution in [3.05, 3.63) is 37.3 Å². The van der Waals surface area contributed by atoms with Gasteiger partial charge in [-0.25, -0.2) is 0 Å². The lowest BCUT2D eigenvalue weighted by atomic mass is 10.2. The van der Waals surface area contributed by atoms with Crippen LogP contribution in [-0.4, -0.2) is 4.98 Å². The van der Waals surface area contributed by atoms with Crippen molar-refractivity contribution >= 4 is 66.0 Å². The van der Waals surface area contributed by atoms with E-state index in [0.717, 1.165) is 14.3 Å². The maximum absolute atomic E-state index is 6.10. The Balaban J connectivity index is 2.95. The molecular formula is C9H3Br2Cl2N. The van der Waals surface area contributed by atoms with Gasteiger partial charge in [0.15, 0.2) is 0 Å². The Kier molecular flexibility index (Phi) is 3.03. The highest BCUT2D eigenvalue weighted by Crippen LogP contribution is 2.34. The van der Waals surface area contributed by atoms with Crippen LogP contribution in [0.4, 0.5) is 0 Å². The van der Waals surface area contributed by atoms with Gasteiger partial charge in [0.2, 0.25) is 0 Å². The topological polar surface area (TPSA) is 12.9 Å². The summed E-state index contributed by atoms with van der Waals surface area (Å²) in [5, 5.41) is 2.04. The van der Waals surface area contributed by atoms with Gasteiger partial charge in [0.1, 0.15) is 0 Å². The monoisotopic (exact) mass is 353 g/mol. The molecule has 0 aliphatic rings. The third kappa shape index (κ3) is 1.78. The highest BCUT2D eigenvalue weighted by atomic mass is 79.9. The molecule has 2 rings (SSSR count). The molecule has 0 amide bonds. The molecule has 1 nitrogen and oxygen atoms in total. The molecule has 14 heavy (non-hydrogen) atoms. The summed E-state index contributed by atoms with van der Waals surface area (Å²) in [4.78, 5) is 4.20. The third-order valence-corrected chi connectivity index (χ3v) is 3.76. The zero-order valence-corrected chi connectivity index (χ0v) is 11.4. The predicted molar refractivity (Wildman–Crippen MR) is 67.2 cm³/mol. The molecule has 0 N–H and O–H groups in total. The predicted octanol–water partition coefficient (Wildman–Crippen LogP) is 5.07. The minimum Gasteiger partial charge on any atom is -0.253 e. The number of rotatable bonds is 0. The van der Waals surface area contributed by atoms with E-state index in [1.165, 1.54) is 0 Å². The molecule has 0 aliphatic carbocycles. The highest BCUT2D eigenvalue weighted by molar-refractivity contribution is 9.10. The Morgan fingerprint density at radius 3 is 2.57 bits per heavy atom. The molecule has 0 saturated carbocycles. The summed E-state index contributed by atoms with van der Waals surface area (Å²) < 4.78 is 1.65. The molecule has 0 atom stereocenters. The van der Waals surface area contributed by atoms with Crippen LogP contribution in [0.25, 0.3) is 10.9 Å². The van der Waals surface area contributed by atoms with E-state index in [4.69, 9.17) is 23.2 Å². The van der Waals surface area contributed by atoms with Crippen molar-refractivity contribution in [2.75, 3.05) is 0 Å². The molecule has 0 unspecified atom stereocenters. The first-order valence-corrected chi connectivity index (χ1v) is 6.02. The molecule has 2 aromatic rings. The summed E-state index contributed by atoms with van der Waals surface area (Å²) in [6.45, 7) is 0. The van der Waals surface area contributed by atoms with E-state index in [9.17, 15) is 0 Å². The van der Waals surface area contributed by atoms with Gasteiger partial charge in [-0.15, -0.1) is 0 Å². The van der Waals surface area contributed by atoms with E-state index in [1.807, 2.05) is 6.07 Å². The summed E-state index contributed by atoms with van der Waals surface area (Å²) in [6.07, 6.45) is 1.64. The van der Waals surface area contributed by atoms with Crippen LogP contribution in [0.5, 0.6) is 0 Å². The smallest absolute Gasteiger partial charge is 0.0904 e. The van der Waals surface area contributed by atoms with Gasteiger partial charge in [-0.2, -0.15) is 0 Å². The first kappa shape index (κ1) is 10.7. The molecule has 1 aromatic carbocycles. The van der Waals surface area contributed by atoms with Crippen LogP contribution in [0.3, 0.4) is 0 Å². The van der Waals surface area contributed by atoms with Crippen LogP contribution in [0.1, 0.15) is 0 Å². The fourth-order valence-electron chi connectivity index (χ4n) is 1.17. The van der Waals surface area contributed by atoms with Crippen molar-refractivity contribution < 1.29 is 0 Å². The molecule has 0 fully saturated rings. The van der Waals surface area contributed by atoms with Crippen molar-refractivity contribution in [3.63, 3.8) is 0 Å². The van der Waals surface area contributed by atoms with Crippen LogP contribution < -0.4 is 0 Å². The number of hydrogen-bond donors (Lipinski definition) is 0. The second-order valence-corrected chi connectivity index (χ2v) is 5.26. The molecular weight excluding hydrogens is 353 g/mol. The molecule has 0 spiro atoms. The number of fused-ring (bicyclic) bond motifs is 1.